The molecule has 0 saturated heterocycles. The summed E-state index contributed by atoms with van der Waals surface area (Å²) >= 11 is 20.7. The predicted octanol–water partition coefficient (Wildman–Crippen LogP) is 4.64. The van der Waals surface area contributed by atoms with E-state index in [4.69, 9.17) is 31.7 Å². The van der Waals surface area contributed by atoms with Crippen molar-refractivity contribution in [1.29, 1.82) is 0 Å². The fourth-order valence-electron chi connectivity index (χ4n) is 2.44. The molecule has 0 aliphatic heterocycles. The summed E-state index contributed by atoms with van der Waals surface area (Å²) in [4.78, 5) is 31.2. The number of hydrogen-bond acceptors (Lipinski definition) is 5. The van der Waals surface area contributed by atoms with Crippen molar-refractivity contribution in [3.8, 4) is 0 Å². The fraction of sp³-hybridized carbons (Fsp3) is 0.900. The molecule has 2 N–H and O–H groups in total. The monoisotopic (exact) mass is 554 g/mol. The Kier molecular flexibility index (Phi) is 6.22. The van der Waals surface area contributed by atoms with Gasteiger partial charge in [-0.2, -0.15) is 0 Å². The van der Waals surface area contributed by atoms with E-state index in [-0.39, 0.29) is 12.6 Å². The van der Waals surface area contributed by atoms with Crippen LogP contribution in [0.5, 0.6) is 0 Å². The number of carbonyl (C=O) groups excluding carboxylic acids is 1. The molecular formula is C10H16Br3Cl2O5P. The van der Waals surface area contributed by atoms with E-state index in [0.29, 0.717) is 0 Å². The summed E-state index contributed by atoms with van der Waals surface area (Å²) in [6.45, 7) is 5.67. The molecule has 11 heteroatoms. The molecule has 3 unspecified atom stereocenters. The Morgan fingerprint density at radius 1 is 1.38 bits per heavy atom. The average Bonchev–Trinajstić information content (AvgIpc) is 2.74. The molecule has 1 aliphatic rings. The molecule has 0 radical (unpaired) electrons. The quantitative estimate of drug-likeness (QED) is 0.293. The second-order valence-corrected chi connectivity index (χ2v) is 18.2. The third kappa shape index (κ3) is 5.68. The number of esters is 1. The predicted molar refractivity (Wildman–Crippen MR) is 94.8 cm³/mol. The van der Waals surface area contributed by atoms with Gasteiger partial charge in [0.05, 0.1) is 0 Å². The van der Waals surface area contributed by atoms with E-state index in [9.17, 15) is 14.6 Å². The Bertz CT molecular complexity index is 425. The molecule has 21 heavy (non-hydrogen) atoms. The van der Waals surface area contributed by atoms with Gasteiger partial charge in [0.25, 0.3) is 0 Å². The van der Waals surface area contributed by atoms with Crippen molar-refractivity contribution in [2.45, 2.75) is 29.0 Å². The van der Waals surface area contributed by atoms with Gasteiger partial charge in [-0.15, -0.1) is 0 Å². The fourth-order valence-corrected chi connectivity index (χ4v) is 5.19. The summed E-state index contributed by atoms with van der Waals surface area (Å²) < 4.78 is 9.11. The van der Waals surface area contributed by atoms with Gasteiger partial charge in [-0.3, -0.25) is 0 Å². The van der Waals surface area contributed by atoms with E-state index in [1.54, 1.807) is 6.92 Å². The van der Waals surface area contributed by atoms with Gasteiger partial charge < -0.3 is 0 Å². The van der Waals surface area contributed by atoms with E-state index < -0.39 is 31.5 Å². The Morgan fingerprint density at radius 2 is 1.86 bits per heavy atom. The van der Waals surface area contributed by atoms with Crippen molar-refractivity contribution in [3.05, 3.63) is 0 Å². The van der Waals surface area contributed by atoms with Crippen molar-refractivity contribution >= 4 is 82.2 Å². The van der Waals surface area contributed by atoms with E-state index in [0.717, 1.165) is 0 Å². The molecule has 0 aromatic rings. The minimum absolute atomic E-state index is 0.260. The van der Waals surface area contributed by atoms with Crippen LogP contribution in [-0.2, 0) is 14.1 Å². The number of halogens is 5. The van der Waals surface area contributed by atoms with Gasteiger partial charge in [0.1, 0.15) is 0 Å². The molecule has 0 heterocycles. The first-order valence-electron chi connectivity index (χ1n) is 5.95. The number of carbonyl (C=O) groups is 1. The molecule has 5 nitrogen and oxygen atoms in total. The van der Waals surface area contributed by atoms with Crippen LogP contribution in [0.15, 0.2) is 0 Å². The van der Waals surface area contributed by atoms with Gasteiger partial charge in [0.15, 0.2) is 0 Å². The van der Waals surface area contributed by atoms with Crippen molar-refractivity contribution in [3.63, 3.8) is 0 Å². The summed E-state index contributed by atoms with van der Waals surface area (Å²) in [6.07, 6.45) is -0.940. The van der Waals surface area contributed by atoms with Crippen LogP contribution in [-0.4, -0.2) is 30.6 Å². The van der Waals surface area contributed by atoms with E-state index in [1.165, 1.54) is 0 Å². The van der Waals surface area contributed by atoms with E-state index >= 15 is 0 Å². The van der Waals surface area contributed by atoms with Crippen LogP contribution in [0.4, 0.5) is 0 Å². The van der Waals surface area contributed by atoms with Gasteiger partial charge >= 0.3 is 159 Å². The Morgan fingerprint density at radius 3 is 2.19 bits per heavy atom. The number of ether oxygens (including phenoxy) is 1. The summed E-state index contributed by atoms with van der Waals surface area (Å²) in [5, 5.41) is 0. The van der Waals surface area contributed by atoms with Gasteiger partial charge in [-0.05, 0) is 0 Å². The zero-order valence-electron chi connectivity index (χ0n) is 11.4. The third-order valence-electron chi connectivity index (χ3n) is 3.39. The topological polar surface area (TPSA) is 76.0 Å². The van der Waals surface area contributed by atoms with Gasteiger partial charge in [0.2, 0.25) is 0 Å². The van der Waals surface area contributed by atoms with Crippen LogP contribution < -0.4 is 0 Å². The first-order chi connectivity index (χ1) is 9.07. The molecule has 0 spiro atoms. The summed E-state index contributed by atoms with van der Waals surface area (Å²) in [6, 6.07) is 0. The summed E-state index contributed by atoms with van der Waals surface area (Å²) in [5.41, 5.74) is -0.472. The normalized spacial score (nSPS) is 28.4. The Labute approximate surface area is 158 Å². The Balaban J connectivity index is 3.05. The van der Waals surface area contributed by atoms with E-state index in [1.807, 2.05) is 13.8 Å². The van der Waals surface area contributed by atoms with Crippen molar-refractivity contribution in [1.82, 2.24) is 0 Å². The molecule has 1 aliphatic carbocycles. The van der Waals surface area contributed by atoms with E-state index in [2.05, 4.69) is 47.8 Å². The average molecular weight is 558 g/mol. The molecule has 0 aromatic heterocycles. The minimum atomic E-state index is -5.26. The summed E-state index contributed by atoms with van der Waals surface area (Å²) in [5.74, 6) is -6.51. The molecule has 0 bridgehead atoms. The second kappa shape index (κ2) is 6.26. The summed E-state index contributed by atoms with van der Waals surface area (Å²) in [7, 11) is 0. The molecule has 1 rings (SSSR count). The van der Waals surface area contributed by atoms with Crippen LogP contribution in [0.1, 0.15) is 20.8 Å². The zero-order chi connectivity index (χ0) is 16.9. The zero-order valence-corrected chi connectivity index (χ0v) is 18.6. The van der Waals surface area contributed by atoms with Gasteiger partial charge in [0, 0.05) is 0 Å². The number of alkyl halides is 3. The van der Waals surface area contributed by atoms with Crippen LogP contribution in [0.3, 0.4) is 0 Å². The van der Waals surface area contributed by atoms with Crippen LogP contribution in [0, 0.1) is 17.3 Å². The Hall–Kier alpha value is 1.80. The van der Waals surface area contributed by atoms with Crippen molar-refractivity contribution in [2.75, 3.05) is 6.61 Å². The van der Waals surface area contributed by atoms with Gasteiger partial charge in [-0.25, -0.2) is 0 Å². The van der Waals surface area contributed by atoms with Crippen LogP contribution in [0.2, 0.25) is 0 Å². The second-order valence-electron chi connectivity index (χ2n) is 5.40. The molecule has 126 valence electrons. The maximum absolute atomic E-state index is 12.0. The molecule has 3 atom stereocenters. The first-order valence-corrected chi connectivity index (χ1v) is 12.2. The molecule has 0 amide bonds. The first kappa shape index (κ1) is 20.8. The van der Waals surface area contributed by atoms with Crippen molar-refractivity contribution in [2.24, 2.45) is 17.3 Å². The number of rotatable bonds is 5. The van der Waals surface area contributed by atoms with Crippen molar-refractivity contribution < 1.29 is 23.8 Å². The molecular weight excluding hydrogens is 542 g/mol. The molecule has 0 aromatic carbocycles. The molecule has 1 fully saturated rings. The standard InChI is InChI=1S/C10H16Br3Cl2O5P/c1-4-19-8(16)6-5(9(6,2)3)7(10(11,12)13)20-21(14,15,17)18/h5-7,17-18H,4H2,1-3H3. The van der Waals surface area contributed by atoms with Crippen LogP contribution >= 0.6 is 76.3 Å². The number of hydrogen-bond donors (Lipinski definition) is 2. The SMILES string of the molecule is CCOC(=O)C1C(C(OP(O)(O)(Cl)Cl)C(Br)(Br)Br)C1(C)C. The molecule has 1 saturated carbocycles. The maximum atomic E-state index is 12.0. The van der Waals surface area contributed by atoms with Crippen LogP contribution in [0.25, 0.3) is 0 Å². The van der Waals surface area contributed by atoms with Gasteiger partial charge in [-0.1, -0.05) is 0 Å². The third-order valence-corrected chi connectivity index (χ3v) is 5.79.